The SMILES string of the molecule is C=C/C(=C\C(=C(N)N)S(=O)(=O)Nc1ccc2c(c1)OCO2)c1ccc2nccc(-c3ccncc3)c2c1. The van der Waals surface area contributed by atoms with Crippen molar-refractivity contribution in [3.05, 3.63) is 108 Å². The smallest absolute Gasteiger partial charge is 0.265 e. The van der Waals surface area contributed by atoms with E-state index in [2.05, 4.69) is 21.3 Å². The number of nitrogens with zero attached hydrogens (tertiary/aromatic N) is 2. The molecule has 1 aliphatic heterocycles. The average molecular weight is 514 g/mol. The Balaban J connectivity index is 1.54. The van der Waals surface area contributed by atoms with E-state index in [4.69, 9.17) is 20.9 Å². The summed E-state index contributed by atoms with van der Waals surface area (Å²) in [5, 5.41) is 0.881. The Hall–Kier alpha value is -4.83. The highest BCUT2D eigenvalue weighted by Gasteiger charge is 2.22. The van der Waals surface area contributed by atoms with Crippen LogP contribution in [0.4, 0.5) is 5.69 Å². The number of hydrogen-bond donors (Lipinski definition) is 3. The van der Waals surface area contributed by atoms with Gasteiger partial charge in [0.25, 0.3) is 10.0 Å². The molecule has 0 unspecified atom stereocenters. The van der Waals surface area contributed by atoms with Gasteiger partial charge in [-0.25, -0.2) is 8.42 Å². The van der Waals surface area contributed by atoms with E-state index in [1.54, 1.807) is 36.8 Å². The number of pyridine rings is 2. The number of anilines is 1. The lowest BCUT2D eigenvalue weighted by Crippen LogP contribution is -2.22. The first-order chi connectivity index (χ1) is 17.9. The number of aromatic nitrogens is 2. The molecule has 0 amide bonds. The van der Waals surface area contributed by atoms with Crippen LogP contribution in [0, 0.1) is 0 Å². The lowest BCUT2D eigenvalue weighted by Gasteiger charge is -2.13. The van der Waals surface area contributed by atoms with E-state index in [9.17, 15) is 8.42 Å². The summed E-state index contributed by atoms with van der Waals surface area (Å²) in [4.78, 5) is 8.25. The highest BCUT2D eigenvalue weighted by atomic mass is 32.2. The maximum atomic E-state index is 13.3. The Bertz CT molecular complexity index is 1680. The Kier molecular flexibility index (Phi) is 6.24. The van der Waals surface area contributed by atoms with Crippen LogP contribution in [-0.4, -0.2) is 25.2 Å². The largest absolute Gasteiger partial charge is 0.454 e. The maximum Gasteiger partial charge on any atom is 0.265 e. The van der Waals surface area contributed by atoms with E-state index in [1.807, 2.05) is 36.4 Å². The van der Waals surface area contributed by atoms with Gasteiger partial charge >= 0.3 is 0 Å². The number of benzene rings is 2. The summed E-state index contributed by atoms with van der Waals surface area (Å²) < 4.78 is 39.7. The highest BCUT2D eigenvalue weighted by Crippen LogP contribution is 2.35. The molecule has 10 heteroatoms. The summed E-state index contributed by atoms with van der Waals surface area (Å²) in [6.45, 7) is 3.95. The molecule has 37 heavy (non-hydrogen) atoms. The zero-order valence-corrected chi connectivity index (χ0v) is 20.4. The molecule has 4 aromatic rings. The molecular weight excluding hydrogens is 490 g/mol. The molecular formula is C27H23N5O4S. The lowest BCUT2D eigenvalue weighted by atomic mass is 9.97. The van der Waals surface area contributed by atoms with Crippen molar-refractivity contribution in [2.45, 2.75) is 0 Å². The van der Waals surface area contributed by atoms with Gasteiger partial charge in [0, 0.05) is 30.0 Å². The molecule has 5 rings (SSSR count). The number of rotatable bonds is 7. The predicted octanol–water partition coefficient (Wildman–Crippen LogP) is 4.12. The fraction of sp³-hybridized carbons (Fsp3) is 0.0370. The number of fused-ring (bicyclic) bond motifs is 2. The average Bonchev–Trinajstić information content (AvgIpc) is 3.36. The van der Waals surface area contributed by atoms with Crippen LogP contribution in [0.3, 0.4) is 0 Å². The molecule has 0 saturated carbocycles. The summed E-state index contributed by atoms with van der Waals surface area (Å²) >= 11 is 0. The second-order valence-electron chi connectivity index (χ2n) is 8.12. The Morgan fingerprint density at radius 1 is 0.973 bits per heavy atom. The molecule has 2 aromatic carbocycles. The molecule has 9 nitrogen and oxygen atoms in total. The number of ether oxygens (including phenoxy) is 2. The quantitative estimate of drug-likeness (QED) is 0.313. The summed E-state index contributed by atoms with van der Waals surface area (Å²) in [6.07, 6.45) is 8.12. The van der Waals surface area contributed by atoms with Gasteiger partial charge in [-0.3, -0.25) is 14.7 Å². The zero-order valence-electron chi connectivity index (χ0n) is 19.6. The molecule has 0 spiro atoms. The first-order valence-electron chi connectivity index (χ1n) is 11.2. The maximum absolute atomic E-state index is 13.3. The van der Waals surface area contributed by atoms with Gasteiger partial charge in [-0.2, -0.15) is 0 Å². The molecule has 1 aliphatic rings. The number of nitrogens with one attached hydrogen (secondary N) is 1. The normalized spacial score (nSPS) is 12.8. The van der Waals surface area contributed by atoms with Crippen molar-refractivity contribution in [1.29, 1.82) is 0 Å². The van der Waals surface area contributed by atoms with Crippen LogP contribution in [0.2, 0.25) is 0 Å². The van der Waals surface area contributed by atoms with Gasteiger partial charge in [0.15, 0.2) is 11.5 Å². The van der Waals surface area contributed by atoms with Gasteiger partial charge in [-0.1, -0.05) is 18.7 Å². The van der Waals surface area contributed by atoms with Crippen LogP contribution in [0.1, 0.15) is 5.56 Å². The van der Waals surface area contributed by atoms with E-state index in [1.165, 1.54) is 12.1 Å². The minimum atomic E-state index is -4.16. The van der Waals surface area contributed by atoms with E-state index < -0.39 is 10.0 Å². The standard InChI is InChI=1S/C27H23N5O4S/c1-2-17(19-3-5-23-22(13-19)21(9-12-31-23)18-7-10-30-11-8-18)14-26(27(28)29)37(33,34)32-20-4-6-24-25(15-20)36-16-35-24/h2-15,32H,1,16,28-29H2/b17-14+. The van der Waals surface area contributed by atoms with E-state index >= 15 is 0 Å². The van der Waals surface area contributed by atoms with E-state index in [-0.39, 0.29) is 23.2 Å². The highest BCUT2D eigenvalue weighted by molar-refractivity contribution is 7.96. The predicted molar refractivity (Wildman–Crippen MR) is 144 cm³/mol. The first kappa shape index (κ1) is 23.9. The lowest BCUT2D eigenvalue weighted by molar-refractivity contribution is 0.174. The molecule has 0 bridgehead atoms. The molecule has 2 aromatic heterocycles. The summed E-state index contributed by atoms with van der Waals surface area (Å²) in [7, 11) is -4.16. The van der Waals surface area contributed by atoms with Crippen molar-refractivity contribution in [3.8, 4) is 22.6 Å². The number of hydrogen-bond acceptors (Lipinski definition) is 8. The fourth-order valence-electron chi connectivity index (χ4n) is 4.00. The van der Waals surface area contributed by atoms with Crippen molar-refractivity contribution >= 4 is 32.2 Å². The molecule has 3 heterocycles. The van der Waals surface area contributed by atoms with Crippen molar-refractivity contribution in [1.82, 2.24) is 9.97 Å². The number of nitrogens with two attached hydrogens (primary N) is 2. The fourth-order valence-corrected chi connectivity index (χ4v) is 5.14. The van der Waals surface area contributed by atoms with E-state index in [0.29, 0.717) is 22.6 Å². The van der Waals surface area contributed by atoms with Crippen LogP contribution in [0.15, 0.2) is 103 Å². The van der Waals surface area contributed by atoms with Crippen LogP contribution in [-0.2, 0) is 10.0 Å². The number of allylic oxidation sites excluding steroid dienone is 3. The van der Waals surface area contributed by atoms with Crippen molar-refractivity contribution in [2.24, 2.45) is 11.5 Å². The third-order valence-corrected chi connectivity index (χ3v) is 7.21. The van der Waals surface area contributed by atoms with Gasteiger partial charge in [-0.15, -0.1) is 0 Å². The first-order valence-corrected chi connectivity index (χ1v) is 12.7. The zero-order chi connectivity index (χ0) is 26.0. The minimum absolute atomic E-state index is 0.0715. The van der Waals surface area contributed by atoms with Gasteiger partial charge in [0.2, 0.25) is 6.79 Å². The minimum Gasteiger partial charge on any atom is -0.454 e. The monoisotopic (exact) mass is 513 g/mol. The van der Waals surface area contributed by atoms with Crippen molar-refractivity contribution < 1.29 is 17.9 Å². The summed E-state index contributed by atoms with van der Waals surface area (Å²) in [5.74, 6) is 0.596. The van der Waals surface area contributed by atoms with Crippen LogP contribution < -0.4 is 25.7 Å². The molecule has 186 valence electrons. The summed E-state index contributed by atoms with van der Waals surface area (Å²) in [6, 6.07) is 16.1. The third-order valence-electron chi connectivity index (χ3n) is 5.77. The van der Waals surface area contributed by atoms with Crippen LogP contribution in [0.25, 0.3) is 27.6 Å². The van der Waals surface area contributed by atoms with Crippen LogP contribution in [0.5, 0.6) is 11.5 Å². The third kappa shape index (κ3) is 4.82. The van der Waals surface area contributed by atoms with Crippen molar-refractivity contribution in [2.75, 3.05) is 11.5 Å². The Morgan fingerprint density at radius 2 is 1.76 bits per heavy atom. The van der Waals surface area contributed by atoms with Gasteiger partial charge in [0.05, 0.1) is 11.2 Å². The van der Waals surface area contributed by atoms with Gasteiger partial charge in [-0.05, 0) is 70.8 Å². The summed E-state index contributed by atoms with van der Waals surface area (Å²) in [5.41, 5.74) is 15.9. The Morgan fingerprint density at radius 3 is 2.51 bits per heavy atom. The second-order valence-corrected chi connectivity index (χ2v) is 9.77. The van der Waals surface area contributed by atoms with Crippen LogP contribution >= 0.6 is 0 Å². The Labute approximate surface area is 213 Å². The molecule has 0 atom stereocenters. The van der Waals surface area contributed by atoms with E-state index in [0.717, 1.165) is 22.0 Å². The number of sulfonamides is 1. The topological polar surface area (TPSA) is 142 Å². The van der Waals surface area contributed by atoms with Gasteiger partial charge in [0.1, 0.15) is 10.7 Å². The molecule has 0 saturated heterocycles. The van der Waals surface area contributed by atoms with Gasteiger partial charge < -0.3 is 20.9 Å². The van der Waals surface area contributed by atoms with Crippen molar-refractivity contribution in [3.63, 3.8) is 0 Å². The molecule has 0 fully saturated rings. The molecule has 0 aliphatic carbocycles. The molecule has 0 radical (unpaired) electrons. The second kappa shape index (κ2) is 9.67. The molecule has 5 N–H and O–H groups in total.